The molecule has 4 rings (SSSR count). The predicted molar refractivity (Wildman–Crippen MR) is 117 cm³/mol. The first kappa shape index (κ1) is 22.6. The third-order valence-corrected chi connectivity index (χ3v) is 5.84. The molecule has 0 fully saturated rings. The summed E-state index contributed by atoms with van der Waals surface area (Å²) in [6.45, 7) is 2.89. The van der Waals surface area contributed by atoms with Gasteiger partial charge in [0.2, 0.25) is 5.95 Å². The molecule has 2 unspecified atom stereocenters. The number of rotatable bonds is 7. The largest absolute Gasteiger partial charge is 0.487 e. The number of aromatic nitrogens is 3. The number of halogens is 4. The maximum absolute atomic E-state index is 15.3. The minimum atomic E-state index is -1.68. The molecule has 0 aliphatic rings. The summed E-state index contributed by atoms with van der Waals surface area (Å²) < 4.78 is 66.1. The molecule has 0 spiro atoms. The number of anilines is 1. The molecule has 2 aromatic carbocycles. The molecule has 0 amide bonds. The third-order valence-electron chi connectivity index (χ3n) is 5.84. The fourth-order valence-corrected chi connectivity index (χ4v) is 3.67. The fraction of sp³-hybridized carbons (Fsp3) is 0.250. The average Bonchev–Trinajstić information content (AvgIpc) is 3.18. The number of ether oxygens (including phenoxy) is 1. The lowest BCUT2D eigenvalue weighted by Gasteiger charge is -2.28. The highest BCUT2D eigenvalue weighted by Gasteiger charge is 2.32. The Morgan fingerprint density at radius 3 is 2.45 bits per heavy atom. The van der Waals surface area contributed by atoms with E-state index in [2.05, 4.69) is 10.1 Å². The summed E-state index contributed by atoms with van der Waals surface area (Å²) in [5, 5.41) is 3.79. The summed E-state index contributed by atoms with van der Waals surface area (Å²) in [6, 6.07) is 12.5. The Kier molecular flexibility index (Phi) is 5.97. The van der Waals surface area contributed by atoms with E-state index >= 15 is 8.78 Å². The molecule has 0 saturated carbocycles. The van der Waals surface area contributed by atoms with E-state index in [4.69, 9.17) is 10.5 Å². The van der Waals surface area contributed by atoms with E-state index in [1.54, 1.807) is 6.92 Å². The predicted octanol–water partition coefficient (Wildman–Crippen LogP) is 5.70. The molecular formula is C24H22F4N4O. The number of hydrogen-bond acceptors (Lipinski definition) is 4. The molecule has 0 bridgehead atoms. The molecule has 4 aromatic rings. The smallest absolute Gasteiger partial charge is 0.240 e. The van der Waals surface area contributed by atoms with Crippen molar-refractivity contribution in [1.82, 2.24) is 14.6 Å². The van der Waals surface area contributed by atoms with Gasteiger partial charge in [0.1, 0.15) is 5.67 Å². The van der Waals surface area contributed by atoms with Crippen LogP contribution in [0.3, 0.4) is 0 Å². The monoisotopic (exact) mass is 458 g/mol. The SMILES string of the molecule is CC(c1ccccc1)C(C)(F)CCOc1c(F)ccc(-c2ccn3nc(N)nc3c2F)c1F. The standard InChI is InChI=1S/C24H22F4N4O/c1-14(15-6-4-3-5-7-15)24(2,28)11-13-33-21-18(25)9-8-16(19(21)26)17-10-12-32-22(20(17)27)30-23(29)31-32/h3-10,12,14H,11,13H2,1-2H3,(H2,29,31). The third kappa shape index (κ3) is 4.35. The van der Waals surface area contributed by atoms with Crippen molar-refractivity contribution in [3.8, 4) is 16.9 Å². The Labute approximate surface area is 187 Å². The molecule has 2 atom stereocenters. The molecule has 0 radical (unpaired) electrons. The van der Waals surface area contributed by atoms with Crippen molar-refractivity contribution in [1.29, 1.82) is 0 Å². The molecule has 5 nitrogen and oxygen atoms in total. The number of pyridine rings is 1. The second-order valence-corrected chi connectivity index (χ2v) is 8.03. The van der Waals surface area contributed by atoms with Gasteiger partial charge in [-0.25, -0.2) is 22.1 Å². The van der Waals surface area contributed by atoms with E-state index in [9.17, 15) is 8.78 Å². The quantitative estimate of drug-likeness (QED) is 0.361. The van der Waals surface area contributed by atoms with Crippen LogP contribution in [0.5, 0.6) is 5.75 Å². The van der Waals surface area contributed by atoms with Gasteiger partial charge in [-0.15, -0.1) is 5.10 Å². The first-order valence-corrected chi connectivity index (χ1v) is 10.3. The maximum atomic E-state index is 15.3. The normalized spacial score (nSPS) is 14.2. The van der Waals surface area contributed by atoms with Gasteiger partial charge in [-0.1, -0.05) is 37.3 Å². The zero-order chi connectivity index (χ0) is 23.8. The van der Waals surface area contributed by atoms with Crippen molar-refractivity contribution >= 4 is 11.6 Å². The van der Waals surface area contributed by atoms with E-state index in [-0.39, 0.29) is 35.8 Å². The van der Waals surface area contributed by atoms with Gasteiger partial charge >= 0.3 is 0 Å². The van der Waals surface area contributed by atoms with Gasteiger partial charge in [0.05, 0.1) is 6.61 Å². The van der Waals surface area contributed by atoms with Crippen LogP contribution in [0, 0.1) is 17.5 Å². The summed E-state index contributed by atoms with van der Waals surface area (Å²) in [7, 11) is 0. The van der Waals surface area contributed by atoms with Gasteiger partial charge in [0.15, 0.2) is 28.8 Å². The number of nitrogen functional groups attached to an aromatic ring is 1. The van der Waals surface area contributed by atoms with Gasteiger partial charge in [0, 0.05) is 29.7 Å². The van der Waals surface area contributed by atoms with E-state index < -0.39 is 34.8 Å². The van der Waals surface area contributed by atoms with Gasteiger partial charge in [-0.2, -0.15) is 4.98 Å². The van der Waals surface area contributed by atoms with Crippen LogP contribution >= 0.6 is 0 Å². The Morgan fingerprint density at radius 2 is 1.73 bits per heavy atom. The van der Waals surface area contributed by atoms with Crippen molar-refractivity contribution in [2.24, 2.45) is 0 Å². The van der Waals surface area contributed by atoms with E-state index in [0.29, 0.717) is 0 Å². The van der Waals surface area contributed by atoms with Crippen LogP contribution < -0.4 is 10.5 Å². The molecule has 0 aliphatic heterocycles. The first-order valence-electron chi connectivity index (χ1n) is 10.3. The Balaban J connectivity index is 1.56. The van der Waals surface area contributed by atoms with Crippen molar-refractivity contribution in [2.75, 3.05) is 12.3 Å². The van der Waals surface area contributed by atoms with Crippen molar-refractivity contribution in [3.63, 3.8) is 0 Å². The van der Waals surface area contributed by atoms with E-state index in [1.807, 2.05) is 30.3 Å². The van der Waals surface area contributed by atoms with Crippen molar-refractivity contribution in [2.45, 2.75) is 31.9 Å². The summed E-state index contributed by atoms with van der Waals surface area (Å²) >= 11 is 0. The van der Waals surface area contributed by atoms with Crippen LogP contribution in [-0.4, -0.2) is 26.9 Å². The summed E-state index contributed by atoms with van der Waals surface area (Å²) in [5.41, 5.74) is 4.02. The van der Waals surface area contributed by atoms with Gasteiger partial charge in [-0.05, 0) is 30.7 Å². The van der Waals surface area contributed by atoms with Crippen LogP contribution in [0.1, 0.15) is 31.7 Å². The lowest BCUT2D eigenvalue weighted by Crippen LogP contribution is -2.28. The Bertz CT molecular complexity index is 1290. The lowest BCUT2D eigenvalue weighted by molar-refractivity contribution is 0.112. The van der Waals surface area contributed by atoms with Gasteiger partial charge < -0.3 is 10.5 Å². The minimum Gasteiger partial charge on any atom is -0.487 e. The Morgan fingerprint density at radius 1 is 1.03 bits per heavy atom. The number of benzene rings is 2. The van der Waals surface area contributed by atoms with E-state index in [0.717, 1.165) is 22.2 Å². The van der Waals surface area contributed by atoms with Crippen LogP contribution in [0.25, 0.3) is 16.8 Å². The zero-order valence-corrected chi connectivity index (χ0v) is 18.0. The Hall–Kier alpha value is -3.62. The lowest BCUT2D eigenvalue weighted by atomic mass is 9.84. The van der Waals surface area contributed by atoms with Crippen LogP contribution in [0.4, 0.5) is 23.5 Å². The number of nitrogens with two attached hydrogens (primary N) is 1. The first-order chi connectivity index (χ1) is 15.7. The van der Waals surface area contributed by atoms with Crippen molar-refractivity contribution < 1.29 is 22.3 Å². The van der Waals surface area contributed by atoms with Gasteiger partial charge in [-0.3, -0.25) is 0 Å². The maximum Gasteiger partial charge on any atom is 0.240 e. The number of fused-ring (bicyclic) bond motifs is 1. The molecule has 33 heavy (non-hydrogen) atoms. The number of nitrogens with zero attached hydrogens (tertiary/aromatic N) is 3. The topological polar surface area (TPSA) is 65.4 Å². The van der Waals surface area contributed by atoms with Crippen LogP contribution in [0.2, 0.25) is 0 Å². The van der Waals surface area contributed by atoms with Gasteiger partial charge in [0.25, 0.3) is 0 Å². The number of alkyl halides is 1. The summed E-state index contributed by atoms with van der Waals surface area (Å²) in [4.78, 5) is 3.77. The highest BCUT2D eigenvalue weighted by molar-refractivity contribution is 5.70. The summed E-state index contributed by atoms with van der Waals surface area (Å²) in [6.07, 6.45) is 1.26. The fourth-order valence-electron chi connectivity index (χ4n) is 3.67. The molecule has 2 aromatic heterocycles. The molecular weight excluding hydrogens is 436 g/mol. The molecule has 0 saturated heterocycles. The molecule has 0 aliphatic carbocycles. The van der Waals surface area contributed by atoms with E-state index in [1.165, 1.54) is 19.2 Å². The van der Waals surface area contributed by atoms with Crippen LogP contribution in [-0.2, 0) is 0 Å². The van der Waals surface area contributed by atoms with Crippen molar-refractivity contribution in [3.05, 3.63) is 77.7 Å². The highest BCUT2D eigenvalue weighted by Crippen LogP contribution is 2.36. The zero-order valence-electron chi connectivity index (χ0n) is 18.0. The molecule has 2 heterocycles. The average molecular weight is 458 g/mol. The second-order valence-electron chi connectivity index (χ2n) is 8.03. The molecule has 2 N–H and O–H groups in total. The minimum absolute atomic E-state index is 0.106. The number of hydrogen-bond donors (Lipinski definition) is 1. The highest BCUT2D eigenvalue weighted by atomic mass is 19.1. The summed E-state index contributed by atoms with van der Waals surface area (Å²) in [5.74, 6) is -4.24. The van der Waals surface area contributed by atoms with Crippen LogP contribution in [0.15, 0.2) is 54.7 Å². The molecule has 9 heteroatoms. The second kappa shape index (κ2) is 8.73. The molecule has 172 valence electrons.